The molecule has 0 unspecified atom stereocenters. The molecular weight excluding hydrogens is 204 g/mol. The first-order chi connectivity index (χ1) is 6.62. The maximum atomic E-state index is 11.2. The number of unbranched alkanes of at least 4 members (excludes halogenated alkanes) is 1. The molecule has 0 saturated carbocycles. The van der Waals surface area contributed by atoms with Gasteiger partial charge in [0.05, 0.1) is 5.75 Å². The average molecular weight is 224 g/mol. The Labute approximate surface area is 86.1 Å². The fourth-order valence-electron chi connectivity index (χ4n) is 0.945. The van der Waals surface area contributed by atoms with Crippen molar-refractivity contribution in [2.75, 3.05) is 32.6 Å². The molecule has 14 heavy (non-hydrogen) atoms. The van der Waals surface area contributed by atoms with Crippen molar-refractivity contribution in [2.45, 2.75) is 19.3 Å². The van der Waals surface area contributed by atoms with Crippen LogP contribution in [-0.2, 0) is 14.8 Å². The molecular formula is C8H20N2O3S. The molecule has 0 aliphatic rings. The van der Waals surface area contributed by atoms with Gasteiger partial charge in [-0.25, -0.2) is 13.1 Å². The van der Waals surface area contributed by atoms with Crippen LogP contribution in [0.5, 0.6) is 0 Å². The maximum Gasteiger partial charge on any atom is 0.211 e. The SMILES string of the molecule is COCCCCNS(=O)(=O)CCCN. The second kappa shape index (κ2) is 8.16. The second-order valence-corrected chi connectivity index (χ2v) is 4.98. The van der Waals surface area contributed by atoms with E-state index in [2.05, 4.69) is 4.72 Å². The zero-order chi connectivity index (χ0) is 10.9. The van der Waals surface area contributed by atoms with Crippen molar-refractivity contribution < 1.29 is 13.2 Å². The van der Waals surface area contributed by atoms with Crippen molar-refractivity contribution in [1.29, 1.82) is 0 Å². The smallest absolute Gasteiger partial charge is 0.211 e. The number of hydrogen-bond donors (Lipinski definition) is 2. The van der Waals surface area contributed by atoms with Gasteiger partial charge >= 0.3 is 0 Å². The molecule has 0 aliphatic carbocycles. The molecule has 0 aromatic carbocycles. The molecule has 0 aliphatic heterocycles. The molecule has 0 spiro atoms. The number of sulfonamides is 1. The van der Waals surface area contributed by atoms with Gasteiger partial charge in [0, 0.05) is 20.3 Å². The summed E-state index contributed by atoms with van der Waals surface area (Å²) in [7, 11) is -1.47. The van der Waals surface area contributed by atoms with Crippen LogP contribution >= 0.6 is 0 Å². The minimum Gasteiger partial charge on any atom is -0.385 e. The molecule has 0 bridgehead atoms. The normalized spacial score (nSPS) is 11.9. The highest BCUT2D eigenvalue weighted by atomic mass is 32.2. The number of rotatable bonds is 9. The Kier molecular flexibility index (Phi) is 8.07. The molecule has 0 aromatic rings. The Morgan fingerprint density at radius 2 is 2.00 bits per heavy atom. The lowest BCUT2D eigenvalue weighted by atomic mass is 10.3. The van der Waals surface area contributed by atoms with Gasteiger partial charge in [-0.1, -0.05) is 0 Å². The number of nitrogens with two attached hydrogens (primary N) is 1. The number of hydrogen-bond acceptors (Lipinski definition) is 4. The van der Waals surface area contributed by atoms with E-state index in [1.165, 1.54) is 0 Å². The van der Waals surface area contributed by atoms with Crippen molar-refractivity contribution >= 4 is 10.0 Å². The molecule has 5 nitrogen and oxygen atoms in total. The van der Waals surface area contributed by atoms with Gasteiger partial charge in [0.1, 0.15) is 0 Å². The van der Waals surface area contributed by atoms with E-state index in [-0.39, 0.29) is 5.75 Å². The van der Waals surface area contributed by atoms with Gasteiger partial charge < -0.3 is 10.5 Å². The third-order valence-electron chi connectivity index (χ3n) is 1.71. The Hall–Kier alpha value is -0.170. The minimum absolute atomic E-state index is 0.119. The largest absolute Gasteiger partial charge is 0.385 e. The molecule has 0 aromatic heterocycles. The van der Waals surface area contributed by atoms with Gasteiger partial charge in [-0.2, -0.15) is 0 Å². The molecule has 3 N–H and O–H groups in total. The first kappa shape index (κ1) is 13.8. The summed E-state index contributed by atoms with van der Waals surface area (Å²) in [5.41, 5.74) is 5.22. The summed E-state index contributed by atoms with van der Waals surface area (Å²) < 4.78 is 29.8. The van der Waals surface area contributed by atoms with Crippen molar-refractivity contribution in [3.8, 4) is 0 Å². The van der Waals surface area contributed by atoms with E-state index in [9.17, 15) is 8.42 Å². The standard InChI is InChI=1S/C8H20N2O3S/c1-13-7-3-2-6-10-14(11,12)8-4-5-9/h10H,2-9H2,1H3. The highest BCUT2D eigenvalue weighted by molar-refractivity contribution is 7.89. The topological polar surface area (TPSA) is 81.4 Å². The van der Waals surface area contributed by atoms with Crippen LogP contribution in [0.1, 0.15) is 19.3 Å². The molecule has 0 amide bonds. The molecule has 6 heteroatoms. The van der Waals surface area contributed by atoms with Crippen LogP contribution < -0.4 is 10.5 Å². The van der Waals surface area contributed by atoms with Crippen molar-refractivity contribution in [3.05, 3.63) is 0 Å². The predicted molar refractivity (Wildman–Crippen MR) is 56.6 cm³/mol. The third-order valence-corrected chi connectivity index (χ3v) is 3.18. The van der Waals surface area contributed by atoms with Gasteiger partial charge in [-0.3, -0.25) is 0 Å². The maximum absolute atomic E-state index is 11.2. The van der Waals surface area contributed by atoms with Gasteiger partial charge in [0.15, 0.2) is 0 Å². The summed E-state index contributed by atoms with van der Waals surface area (Å²) in [6, 6.07) is 0. The number of ether oxygens (including phenoxy) is 1. The van der Waals surface area contributed by atoms with E-state index in [1.54, 1.807) is 7.11 Å². The fourth-order valence-corrected chi connectivity index (χ4v) is 2.09. The van der Waals surface area contributed by atoms with Gasteiger partial charge in [-0.15, -0.1) is 0 Å². The van der Waals surface area contributed by atoms with E-state index in [4.69, 9.17) is 10.5 Å². The summed E-state index contributed by atoms with van der Waals surface area (Å²) in [5.74, 6) is 0.119. The Bertz CT molecular complexity index is 217. The predicted octanol–water partition coefficient (Wildman–Crippen LogP) is -0.319. The van der Waals surface area contributed by atoms with E-state index in [0.717, 1.165) is 12.8 Å². The van der Waals surface area contributed by atoms with Gasteiger partial charge in [0.25, 0.3) is 0 Å². The highest BCUT2D eigenvalue weighted by Gasteiger charge is 2.07. The summed E-state index contributed by atoms with van der Waals surface area (Å²) >= 11 is 0. The first-order valence-electron chi connectivity index (χ1n) is 4.78. The van der Waals surface area contributed by atoms with E-state index in [0.29, 0.717) is 26.1 Å². The molecule has 0 rings (SSSR count). The second-order valence-electron chi connectivity index (χ2n) is 3.06. The van der Waals surface area contributed by atoms with Crippen LogP contribution in [-0.4, -0.2) is 41.0 Å². The molecule has 0 saturated heterocycles. The molecule has 86 valence electrons. The lowest BCUT2D eigenvalue weighted by Gasteiger charge is -2.05. The van der Waals surface area contributed by atoms with Crippen LogP contribution in [0.15, 0.2) is 0 Å². The van der Waals surface area contributed by atoms with Crippen molar-refractivity contribution in [3.63, 3.8) is 0 Å². The molecule has 0 heterocycles. The first-order valence-corrected chi connectivity index (χ1v) is 6.44. The van der Waals surface area contributed by atoms with Crippen LogP contribution in [0.3, 0.4) is 0 Å². The monoisotopic (exact) mass is 224 g/mol. The van der Waals surface area contributed by atoms with Crippen molar-refractivity contribution in [1.82, 2.24) is 4.72 Å². The summed E-state index contributed by atoms with van der Waals surface area (Å²) in [6.07, 6.45) is 2.18. The van der Waals surface area contributed by atoms with Gasteiger partial charge in [0.2, 0.25) is 10.0 Å². The Morgan fingerprint density at radius 3 is 2.57 bits per heavy atom. The van der Waals surface area contributed by atoms with Crippen LogP contribution in [0.2, 0.25) is 0 Å². The van der Waals surface area contributed by atoms with E-state index < -0.39 is 10.0 Å². The lowest BCUT2D eigenvalue weighted by molar-refractivity contribution is 0.193. The molecule has 0 atom stereocenters. The zero-order valence-electron chi connectivity index (χ0n) is 8.66. The third kappa shape index (κ3) is 8.43. The number of nitrogens with one attached hydrogen (secondary N) is 1. The summed E-state index contributed by atoms with van der Waals surface area (Å²) in [4.78, 5) is 0. The minimum atomic E-state index is -3.10. The zero-order valence-corrected chi connectivity index (χ0v) is 9.48. The Morgan fingerprint density at radius 1 is 1.29 bits per heavy atom. The fraction of sp³-hybridized carbons (Fsp3) is 1.00. The highest BCUT2D eigenvalue weighted by Crippen LogP contribution is 1.91. The molecule has 0 radical (unpaired) electrons. The molecule has 0 fully saturated rings. The lowest BCUT2D eigenvalue weighted by Crippen LogP contribution is -2.28. The summed E-state index contributed by atoms with van der Waals surface area (Å²) in [5, 5.41) is 0. The quantitative estimate of drug-likeness (QED) is 0.526. The van der Waals surface area contributed by atoms with Crippen LogP contribution in [0.4, 0.5) is 0 Å². The average Bonchev–Trinajstić information content (AvgIpc) is 2.15. The van der Waals surface area contributed by atoms with Crippen LogP contribution in [0.25, 0.3) is 0 Å². The van der Waals surface area contributed by atoms with Crippen molar-refractivity contribution in [2.24, 2.45) is 5.73 Å². The van der Waals surface area contributed by atoms with E-state index >= 15 is 0 Å². The summed E-state index contributed by atoms with van der Waals surface area (Å²) in [6.45, 7) is 1.56. The Balaban J connectivity index is 3.46. The van der Waals surface area contributed by atoms with Crippen LogP contribution in [0, 0.1) is 0 Å². The van der Waals surface area contributed by atoms with E-state index in [1.807, 2.05) is 0 Å². The van der Waals surface area contributed by atoms with Gasteiger partial charge in [-0.05, 0) is 25.8 Å². The number of methoxy groups -OCH3 is 1.